The Morgan fingerprint density at radius 3 is 2.81 bits per heavy atom. The fourth-order valence-electron chi connectivity index (χ4n) is 1.07. The Morgan fingerprint density at radius 2 is 2.31 bits per heavy atom. The van der Waals surface area contributed by atoms with Crippen molar-refractivity contribution in [2.75, 3.05) is 5.75 Å². The van der Waals surface area contributed by atoms with Crippen molar-refractivity contribution in [1.29, 1.82) is 0 Å². The molecule has 0 aliphatic heterocycles. The number of thioether (sulfide) groups is 1. The van der Waals surface area contributed by atoms with E-state index in [9.17, 15) is 4.79 Å². The maximum atomic E-state index is 11.0. The number of hydrogen-bond donors (Lipinski definition) is 2. The topological polar surface area (TPSA) is 113 Å². The molecule has 1 heterocycles. The lowest BCUT2D eigenvalue weighted by Crippen LogP contribution is -2.49. The second-order valence-electron chi connectivity index (χ2n) is 3.82. The van der Waals surface area contributed by atoms with E-state index in [2.05, 4.69) is 15.5 Å². The van der Waals surface area contributed by atoms with E-state index in [1.165, 1.54) is 11.8 Å². The number of nitrogens with zero attached hydrogens (tertiary/aromatic N) is 4. The Labute approximate surface area is 97.9 Å². The summed E-state index contributed by atoms with van der Waals surface area (Å²) in [6.45, 7) is 1.64. The largest absolute Gasteiger partial charge is 0.368 e. The number of rotatable bonds is 6. The minimum atomic E-state index is -0.932. The summed E-state index contributed by atoms with van der Waals surface area (Å²) in [5.41, 5.74) is 9.95. The molecule has 0 spiro atoms. The van der Waals surface area contributed by atoms with Gasteiger partial charge in [0.1, 0.15) is 0 Å². The Balaban J connectivity index is 2.27. The van der Waals surface area contributed by atoms with Gasteiger partial charge in [-0.3, -0.25) is 4.79 Å². The molecule has 1 aromatic heterocycles. The Bertz CT molecular complexity index is 363. The lowest BCUT2D eigenvalue weighted by atomic mass is 9.97. The van der Waals surface area contributed by atoms with Crippen molar-refractivity contribution >= 4 is 17.7 Å². The predicted octanol–water partition coefficient (Wildman–Crippen LogP) is -0.715. The highest BCUT2D eigenvalue weighted by Gasteiger charge is 2.24. The van der Waals surface area contributed by atoms with Gasteiger partial charge in [-0.25, -0.2) is 4.68 Å². The van der Waals surface area contributed by atoms with E-state index in [-0.39, 0.29) is 0 Å². The third-order valence-corrected chi connectivity index (χ3v) is 3.31. The third-order valence-electron chi connectivity index (χ3n) is 2.22. The quantitative estimate of drug-likeness (QED) is 0.504. The van der Waals surface area contributed by atoms with E-state index < -0.39 is 11.4 Å². The number of carbonyl (C=O) groups excluding carboxylic acids is 1. The Hall–Kier alpha value is -1.15. The number of carbonyl (C=O) groups is 1. The molecule has 1 amide bonds. The van der Waals surface area contributed by atoms with Gasteiger partial charge in [-0.05, 0) is 30.2 Å². The van der Waals surface area contributed by atoms with Crippen molar-refractivity contribution < 1.29 is 4.79 Å². The van der Waals surface area contributed by atoms with Crippen LogP contribution in [0.3, 0.4) is 0 Å². The second kappa shape index (κ2) is 5.26. The van der Waals surface area contributed by atoms with E-state index >= 15 is 0 Å². The second-order valence-corrected chi connectivity index (χ2v) is 4.88. The summed E-state index contributed by atoms with van der Waals surface area (Å²) in [6.07, 6.45) is 1.34. The number of primary amides is 1. The first kappa shape index (κ1) is 12.9. The summed E-state index contributed by atoms with van der Waals surface area (Å²) in [4.78, 5) is 11.0. The summed E-state index contributed by atoms with van der Waals surface area (Å²) in [6, 6.07) is 0. The Kier molecular flexibility index (Phi) is 4.25. The molecule has 16 heavy (non-hydrogen) atoms. The number of tetrazole rings is 1. The van der Waals surface area contributed by atoms with Gasteiger partial charge in [0.2, 0.25) is 11.1 Å². The molecule has 4 N–H and O–H groups in total. The average molecular weight is 244 g/mol. The summed E-state index contributed by atoms with van der Waals surface area (Å²) >= 11 is 1.53. The van der Waals surface area contributed by atoms with Gasteiger partial charge in [0.15, 0.2) is 0 Å². The molecule has 0 bridgehead atoms. The van der Waals surface area contributed by atoms with Gasteiger partial charge < -0.3 is 11.5 Å². The van der Waals surface area contributed by atoms with Crippen LogP contribution in [0.25, 0.3) is 0 Å². The maximum Gasteiger partial charge on any atom is 0.237 e. The van der Waals surface area contributed by atoms with Crippen molar-refractivity contribution in [3.63, 3.8) is 0 Å². The molecular weight excluding hydrogens is 228 g/mol. The number of nitrogens with two attached hydrogens (primary N) is 2. The van der Waals surface area contributed by atoms with E-state index in [4.69, 9.17) is 11.5 Å². The maximum absolute atomic E-state index is 11.0. The molecule has 0 fully saturated rings. The van der Waals surface area contributed by atoms with Crippen molar-refractivity contribution in [1.82, 2.24) is 20.2 Å². The number of aromatic nitrogens is 4. The van der Waals surface area contributed by atoms with Crippen molar-refractivity contribution in [3.8, 4) is 0 Å². The lowest BCUT2D eigenvalue weighted by molar-refractivity contribution is -0.122. The van der Waals surface area contributed by atoms with E-state index in [1.807, 2.05) is 0 Å². The van der Waals surface area contributed by atoms with Crippen LogP contribution in [0.2, 0.25) is 0 Å². The first-order valence-electron chi connectivity index (χ1n) is 4.87. The first-order valence-corrected chi connectivity index (χ1v) is 5.86. The van der Waals surface area contributed by atoms with Gasteiger partial charge in [0, 0.05) is 12.8 Å². The molecule has 0 aromatic carbocycles. The fourth-order valence-corrected chi connectivity index (χ4v) is 1.86. The molecule has 1 unspecified atom stereocenters. The third kappa shape index (κ3) is 3.46. The van der Waals surface area contributed by atoms with Crippen LogP contribution in [-0.4, -0.2) is 37.4 Å². The molecule has 0 aliphatic rings. The van der Waals surface area contributed by atoms with Crippen LogP contribution in [0.15, 0.2) is 5.16 Å². The molecule has 0 saturated heterocycles. The molecule has 1 atom stereocenters. The number of hydrogen-bond acceptors (Lipinski definition) is 6. The van der Waals surface area contributed by atoms with E-state index in [0.29, 0.717) is 6.42 Å². The van der Waals surface area contributed by atoms with Crippen LogP contribution in [0.5, 0.6) is 0 Å². The molecule has 0 radical (unpaired) electrons. The lowest BCUT2D eigenvalue weighted by Gasteiger charge is -2.19. The summed E-state index contributed by atoms with van der Waals surface area (Å²) in [5, 5.41) is 11.8. The Morgan fingerprint density at radius 1 is 1.62 bits per heavy atom. The zero-order valence-electron chi connectivity index (χ0n) is 9.38. The van der Waals surface area contributed by atoms with Gasteiger partial charge >= 0.3 is 0 Å². The summed E-state index contributed by atoms with van der Waals surface area (Å²) in [5.74, 6) is 0.326. The van der Waals surface area contributed by atoms with Crippen LogP contribution in [0.4, 0.5) is 0 Å². The molecule has 1 aromatic rings. The molecule has 1 rings (SSSR count). The first-order chi connectivity index (χ1) is 7.43. The minimum Gasteiger partial charge on any atom is -0.368 e. The van der Waals surface area contributed by atoms with Crippen molar-refractivity contribution in [2.24, 2.45) is 18.5 Å². The van der Waals surface area contributed by atoms with Crippen molar-refractivity contribution in [3.05, 3.63) is 0 Å². The monoisotopic (exact) mass is 244 g/mol. The summed E-state index contributed by atoms with van der Waals surface area (Å²) in [7, 11) is 1.78. The molecular formula is C8H16N6OS. The molecule has 0 saturated carbocycles. The van der Waals surface area contributed by atoms with Crippen LogP contribution in [0, 0.1) is 0 Å². The highest BCUT2D eigenvalue weighted by atomic mass is 32.2. The van der Waals surface area contributed by atoms with Crippen molar-refractivity contribution in [2.45, 2.75) is 30.5 Å². The normalized spacial score (nSPS) is 14.7. The fraction of sp³-hybridized carbons (Fsp3) is 0.750. The zero-order chi connectivity index (χ0) is 12.2. The van der Waals surface area contributed by atoms with Gasteiger partial charge in [-0.2, -0.15) is 0 Å². The smallest absolute Gasteiger partial charge is 0.237 e. The van der Waals surface area contributed by atoms with Crippen LogP contribution in [-0.2, 0) is 11.8 Å². The molecule has 8 heteroatoms. The van der Waals surface area contributed by atoms with E-state index in [1.54, 1.807) is 18.7 Å². The van der Waals surface area contributed by atoms with Crippen LogP contribution >= 0.6 is 11.8 Å². The summed E-state index contributed by atoms with van der Waals surface area (Å²) < 4.78 is 1.60. The highest BCUT2D eigenvalue weighted by Crippen LogP contribution is 2.17. The predicted molar refractivity (Wildman–Crippen MR) is 60.5 cm³/mol. The van der Waals surface area contributed by atoms with Crippen LogP contribution < -0.4 is 11.5 Å². The van der Waals surface area contributed by atoms with Gasteiger partial charge in [0.05, 0.1) is 5.54 Å². The van der Waals surface area contributed by atoms with Gasteiger partial charge in [0.25, 0.3) is 0 Å². The number of aryl methyl sites for hydroxylation is 1. The standard InChI is InChI=1S/C8H16N6OS/c1-8(10,6(9)15)4-3-5-16-7-11-12-13-14(7)2/h3-5,10H2,1-2H3,(H2,9,15). The SMILES string of the molecule is Cn1nnnc1SCCCC(C)(N)C(N)=O. The van der Waals surface area contributed by atoms with Gasteiger partial charge in [-0.15, -0.1) is 5.10 Å². The molecule has 90 valence electrons. The van der Waals surface area contributed by atoms with Gasteiger partial charge in [-0.1, -0.05) is 11.8 Å². The van der Waals surface area contributed by atoms with E-state index in [0.717, 1.165) is 17.3 Å². The average Bonchev–Trinajstić information content (AvgIpc) is 2.59. The minimum absolute atomic E-state index is 0.474. The number of amides is 1. The zero-order valence-corrected chi connectivity index (χ0v) is 10.2. The van der Waals surface area contributed by atoms with Crippen LogP contribution in [0.1, 0.15) is 19.8 Å². The molecule has 7 nitrogen and oxygen atoms in total. The highest BCUT2D eigenvalue weighted by molar-refractivity contribution is 7.99. The molecule has 0 aliphatic carbocycles.